The van der Waals surface area contributed by atoms with E-state index in [0.717, 1.165) is 12.4 Å². The highest BCUT2D eigenvalue weighted by atomic mass is 15.2. The molecule has 0 radical (unpaired) electrons. The molecular formula is C14H24N4. The molecule has 1 N–H and O–H groups in total. The highest BCUT2D eigenvalue weighted by Gasteiger charge is 2.21. The van der Waals surface area contributed by atoms with E-state index in [-0.39, 0.29) is 0 Å². The third-order valence-electron chi connectivity index (χ3n) is 3.63. The maximum Gasteiger partial charge on any atom is 0.144 e. The van der Waals surface area contributed by atoms with Crippen molar-refractivity contribution in [2.45, 2.75) is 45.1 Å². The van der Waals surface area contributed by atoms with Gasteiger partial charge in [-0.15, -0.1) is 0 Å². The van der Waals surface area contributed by atoms with Gasteiger partial charge in [-0.05, 0) is 32.4 Å². The van der Waals surface area contributed by atoms with E-state index >= 15 is 0 Å². The van der Waals surface area contributed by atoms with Crippen LogP contribution in [-0.4, -0.2) is 40.5 Å². The molecule has 18 heavy (non-hydrogen) atoms. The van der Waals surface area contributed by atoms with Gasteiger partial charge in [-0.25, -0.2) is 4.98 Å². The van der Waals surface area contributed by atoms with Crippen LogP contribution in [0.5, 0.6) is 0 Å². The Morgan fingerprint density at radius 2 is 2.33 bits per heavy atom. The van der Waals surface area contributed by atoms with Gasteiger partial charge in [0.25, 0.3) is 0 Å². The van der Waals surface area contributed by atoms with Crippen molar-refractivity contribution in [2.75, 3.05) is 25.0 Å². The molecule has 1 aromatic heterocycles. The fourth-order valence-electron chi connectivity index (χ4n) is 2.56. The van der Waals surface area contributed by atoms with Crippen molar-refractivity contribution in [3.05, 3.63) is 18.6 Å². The third-order valence-corrected chi connectivity index (χ3v) is 3.63. The Labute approximate surface area is 110 Å². The Hall–Kier alpha value is -1.16. The van der Waals surface area contributed by atoms with Crippen molar-refractivity contribution in [3.8, 4) is 0 Å². The van der Waals surface area contributed by atoms with Gasteiger partial charge in [0.1, 0.15) is 5.82 Å². The fraction of sp³-hybridized carbons (Fsp3) is 0.714. The summed E-state index contributed by atoms with van der Waals surface area (Å²) in [4.78, 5) is 11.0. The largest absolute Gasteiger partial charge is 0.367 e. The lowest BCUT2D eigenvalue weighted by Gasteiger charge is -2.35. The Morgan fingerprint density at radius 1 is 1.39 bits per heavy atom. The van der Waals surface area contributed by atoms with Crippen LogP contribution in [0.25, 0.3) is 0 Å². The van der Waals surface area contributed by atoms with Crippen molar-refractivity contribution < 1.29 is 0 Å². The van der Waals surface area contributed by atoms with Crippen LogP contribution in [-0.2, 0) is 0 Å². The molecule has 2 rings (SSSR count). The summed E-state index contributed by atoms with van der Waals surface area (Å²) in [7, 11) is 0. The minimum atomic E-state index is 0.660. The smallest absolute Gasteiger partial charge is 0.144 e. The molecule has 1 fully saturated rings. The number of nitrogens with one attached hydrogen (secondary N) is 1. The molecule has 100 valence electrons. The first-order chi connectivity index (χ1) is 8.90. The Balaban J connectivity index is 1.81. The minimum Gasteiger partial charge on any atom is -0.367 e. The second-order valence-corrected chi connectivity index (χ2v) is 5.01. The lowest BCUT2D eigenvalue weighted by atomic mass is 10.0. The van der Waals surface area contributed by atoms with Crippen molar-refractivity contribution >= 4 is 5.82 Å². The molecule has 0 aliphatic carbocycles. The van der Waals surface area contributed by atoms with Gasteiger partial charge in [-0.2, -0.15) is 0 Å². The van der Waals surface area contributed by atoms with Crippen LogP contribution in [0.1, 0.15) is 39.0 Å². The van der Waals surface area contributed by atoms with Gasteiger partial charge in [0.05, 0.1) is 6.20 Å². The number of hydrogen-bond acceptors (Lipinski definition) is 4. The molecule has 1 aliphatic rings. The summed E-state index contributed by atoms with van der Waals surface area (Å²) >= 11 is 0. The third kappa shape index (κ3) is 3.95. The lowest BCUT2D eigenvalue weighted by molar-refractivity contribution is 0.154. The van der Waals surface area contributed by atoms with E-state index in [2.05, 4.69) is 27.1 Å². The van der Waals surface area contributed by atoms with Gasteiger partial charge in [0.2, 0.25) is 0 Å². The molecular weight excluding hydrogens is 224 g/mol. The number of rotatable bonds is 6. The topological polar surface area (TPSA) is 41.0 Å². The van der Waals surface area contributed by atoms with Crippen LogP contribution in [0.15, 0.2) is 18.6 Å². The Morgan fingerprint density at radius 3 is 3.11 bits per heavy atom. The standard InChI is InChI=1S/C14H24N4/c1-2-3-9-18-10-5-4-6-13(18)11-17-14-12-15-7-8-16-14/h7-8,12-13H,2-6,9-11H2,1H3,(H,16,17). The highest BCUT2D eigenvalue weighted by molar-refractivity contribution is 5.29. The van der Waals surface area contributed by atoms with E-state index in [9.17, 15) is 0 Å². The quantitative estimate of drug-likeness (QED) is 0.840. The molecule has 0 amide bonds. The number of hydrogen-bond donors (Lipinski definition) is 1. The Kier molecular flexibility index (Phi) is 5.39. The molecule has 0 spiro atoms. The number of likely N-dealkylation sites (tertiary alicyclic amines) is 1. The van der Waals surface area contributed by atoms with Gasteiger partial charge in [-0.1, -0.05) is 19.8 Å². The molecule has 0 bridgehead atoms. The van der Waals surface area contributed by atoms with E-state index < -0.39 is 0 Å². The summed E-state index contributed by atoms with van der Waals surface area (Å²) in [6.45, 7) is 5.75. The number of piperidine rings is 1. The number of aromatic nitrogens is 2. The molecule has 0 aromatic carbocycles. The van der Waals surface area contributed by atoms with Crippen molar-refractivity contribution in [2.24, 2.45) is 0 Å². The van der Waals surface area contributed by atoms with Crippen LogP contribution in [0.2, 0.25) is 0 Å². The summed E-state index contributed by atoms with van der Waals surface area (Å²) in [5, 5.41) is 3.41. The molecule has 1 aliphatic heterocycles. The number of anilines is 1. The first-order valence-corrected chi connectivity index (χ1v) is 7.14. The van der Waals surface area contributed by atoms with E-state index in [1.54, 1.807) is 18.6 Å². The summed E-state index contributed by atoms with van der Waals surface area (Å²) in [6.07, 6.45) is 11.8. The van der Waals surface area contributed by atoms with Crippen molar-refractivity contribution in [1.29, 1.82) is 0 Å². The van der Waals surface area contributed by atoms with Gasteiger partial charge >= 0.3 is 0 Å². The molecule has 4 heteroatoms. The minimum absolute atomic E-state index is 0.660. The molecule has 1 aromatic rings. The highest BCUT2D eigenvalue weighted by Crippen LogP contribution is 2.17. The second-order valence-electron chi connectivity index (χ2n) is 5.01. The summed E-state index contributed by atoms with van der Waals surface area (Å²) in [6, 6.07) is 0.660. The zero-order chi connectivity index (χ0) is 12.6. The van der Waals surface area contributed by atoms with Gasteiger partial charge < -0.3 is 5.32 Å². The molecule has 1 unspecified atom stereocenters. The maximum atomic E-state index is 4.26. The summed E-state index contributed by atoms with van der Waals surface area (Å²) < 4.78 is 0. The maximum absolute atomic E-state index is 4.26. The Bertz CT molecular complexity index is 328. The van der Waals surface area contributed by atoms with Crippen LogP contribution >= 0.6 is 0 Å². The predicted octanol–water partition coefficient (Wildman–Crippen LogP) is 2.54. The zero-order valence-electron chi connectivity index (χ0n) is 11.3. The molecule has 4 nitrogen and oxygen atoms in total. The summed E-state index contributed by atoms with van der Waals surface area (Å²) in [5.74, 6) is 0.888. The zero-order valence-corrected chi connectivity index (χ0v) is 11.3. The van der Waals surface area contributed by atoms with Gasteiger partial charge in [-0.3, -0.25) is 9.88 Å². The van der Waals surface area contributed by atoms with Crippen LogP contribution in [0, 0.1) is 0 Å². The summed E-state index contributed by atoms with van der Waals surface area (Å²) in [5.41, 5.74) is 0. The second kappa shape index (κ2) is 7.31. The van der Waals surface area contributed by atoms with E-state index in [0.29, 0.717) is 6.04 Å². The molecule has 2 heterocycles. The average molecular weight is 248 g/mol. The lowest BCUT2D eigenvalue weighted by Crippen LogP contribution is -2.44. The molecule has 0 saturated carbocycles. The van der Waals surface area contributed by atoms with Gasteiger partial charge in [0.15, 0.2) is 0 Å². The fourth-order valence-corrected chi connectivity index (χ4v) is 2.56. The van der Waals surface area contributed by atoms with Gasteiger partial charge in [0, 0.05) is 25.0 Å². The molecule has 1 saturated heterocycles. The van der Waals surface area contributed by atoms with E-state index in [1.807, 2.05) is 0 Å². The van der Waals surface area contributed by atoms with E-state index in [4.69, 9.17) is 0 Å². The van der Waals surface area contributed by atoms with E-state index in [1.165, 1.54) is 45.2 Å². The first-order valence-electron chi connectivity index (χ1n) is 7.14. The number of nitrogens with zero attached hydrogens (tertiary/aromatic N) is 3. The molecule has 1 atom stereocenters. The first kappa shape index (κ1) is 13.3. The van der Waals surface area contributed by atoms with Crippen molar-refractivity contribution in [1.82, 2.24) is 14.9 Å². The normalized spacial score (nSPS) is 20.8. The SMILES string of the molecule is CCCCN1CCCCC1CNc1cnccn1. The van der Waals surface area contributed by atoms with Crippen LogP contribution in [0.4, 0.5) is 5.82 Å². The van der Waals surface area contributed by atoms with Crippen LogP contribution in [0.3, 0.4) is 0 Å². The monoisotopic (exact) mass is 248 g/mol. The van der Waals surface area contributed by atoms with Crippen LogP contribution < -0.4 is 5.32 Å². The number of unbranched alkanes of at least 4 members (excludes halogenated alkanes) is 1. The van der Waals surface area contributed by atoms with Crippen molar-refractivity contribution in [3.63, 3.8) is 0 Å². The average Bonchev–Trinajstić information content (AvgIpc) is 2.45. The predicted molar refractivity (Wildman–Crippen MR) is 74.6 cm³/mol.